The van der Waals surface area contributed by atoms with Crippen LogP contribution in [0.3, 0.4) is 0 Å². The van der Waals surface area contributed by atoms with Gasteiger partial charge in [0.05, 0.1) is 11.3 Å². The first-order valence-electron chi connectivity index (χ1n) is 10.3. The maximum atomic E-state index is 13.8. The first-order chi connectivity index (χ1) is 14.1. The molecule has 0 unspecified atom stereocenters. The van der Waals surface area contributed by atoms with E-state index in [-0.39, 0.29) is 11.6 Å². The molecule has 1 aliphatic carbocycles. The molecular weight excluding hydrogens is 360 g/mol. The van der Waals surface area contributed by atoms with Crippen LogP contribution in [0.25, 0.3) is 16.5 Å². The van der Waals surface area contributed by atoms with Crippen LogP contribution < -0.4 is 0 Å². The van der Waals surface area contributed by atoms with Gasteiger partial charge in [0.25, 0.3) is 0 Å². The van der Waals surface area contributed by atoms with Crippen LogP contribution in [0.2, 0.25) is 0 Å². The van der Waals surface area contributed by atoms with Gasteiger partial charge in [-0.25, -0.2) is 0 Å². The molecule has 146 valence electrons. The summed E-state index contributed by atoms with van der Waals surface area (Å²) in [6.07, 6.45) is 3.27. The largest absolute Gasteiger partial charge is 0.368 e. The zero-order valence-corrected chi connectivity index (χ0v) is 16.9. The lowest BCUT2D eigenvalue weighted by Gasteiger charge is -2.34. The van der Waals surface area contributed by atoms with Crippen molar-refractivity contribution in [1.29, 1.82) is 0 Å². The van der Waals surface area contributed by atoms with Crippen molar-refractivity contribution in [1.82, 2.24) is 9.47 Å². The predicted molar refractivity (Wildman–Crippen MR) is 115 cm³/mol. The normalized spacial score (nSPS) is 17.2. The molecule has 4 nitrogen and oxygen atoms in total. The Balaban J connectivity index is 1.85. The van der Waals surface area contributed by atoms with E-state index in [4.69, 9.17) is 0 Å². The molecule has 1 fully saturated rings. The van der Waals surface area contributed by atoms with E-state index >= 15 is 0 Å². The fourth-order valence-electron chi connectivity index (χ4n) is 4.85. The number of ketones is 2. The Labute approximate surface area is 170 Å². The van der Waals surface area contributed by atoms with Crippen LogP contribution in [0.1, 0.15) is 51.2 Å². The summed E-state index contributed by atoms with van der Waals surface area (Å²) in [5, 5.41) is 1.03. The fourth-order valence-corrected chi connectivity index (χ4v) is 4.85. The zero-order valence-electron chi connectivity index (χ0n) is 16.9. The number of para-hydroxylation sites is 1. The van der Waals surface area contributed by atoms with Crippen LogP contribution in [0, 0.1) is 6.92 Å². The quantitative estimate of drug-likeness (QED) is 0.640. The molecule has 5 rings (SSSR count). The molecule has 0 N–H and O–H groups in total. The van der Waals surface area contributed by atoms with Gasteiger partial charge in [-0.2, -0.15) is 0 Å². The second-order valence-electron chi connectivity index (χ2n) is 8.01. The summed E-state index contributed by atoms with van der Waals surface area (Å²) >= 11 is 0. The van der Waals surface area contributed by atoms with Crippen molar-refractivity contribution in [2.75, 3.05) is 13.1 Å². The number of carbonyl (C=O) groups is 2. The maximum absolute atomic E-state index is 13.8. The molecule has 4 heteroatoms. The number of carbonyl (C=O) groups excluding carboxylic acids is 2. The minimum atomic E-state index is -0.0415. The number of piperidine rings is 1. The number of benzene rings is 2. The van der Waals surface area contributed by atoms with E-state index in [1.165, 1.54) is 6.42 Å². The van der Waals surface area contributed by atoms with E-state index in [1.54, 1.807) is 12.1 Å². The molecule has 2 heterocycles. The summed E-state index contributed by atoms with van der Waals surface area (Å²) in [4.78, 5) is 29.6. The van der Waals surface area contributed by atoms with Gasteiger partial charge in [-0.3, -0.25) is 9.59 Å². The molecule has 29 heavy (non-hydrogen) atoms. The minimum absolute atomic E-state index is 0.0237. The van der Waals surface area contributed by atoms with E-state index < -0.39 is 0 Å². The standard InChI is InChI=1S/C25H24N2O2/c1-16-21(19-12-6-7-13-20(19)26(16)2)22-23(27-14-8-3-9-15-27)25(29)18-11-5-4-10-17(18)24(22)28/h4-7,10-13H,3,8-9,14-15H2,1-2H3. The van der Waals surface area contributed by atoms with E-state index in [2.05, 4.69) is 21.6 Å². The van der Waals surface area contributed by atoms with E-state index in [1.807, 2.05) is 38.2 Å². The van der Waals surface area contributed by atoms with Gasteiger partial charge in [0, 0.05) is 53.4 Å². The summed E-state index contributed by atoms with van der Waals surface area (Å²) in [5.74, 6) is -0.0651. The lowest BCUT2D eigenvalue weighted by molar-refractivity contribution is 0.0951. The second-order valence-corrected chi connectivity index (χ2v) is 8.01. The molecule has 0 atom stereocenters. The number of Topliss-reactive ketones (excluding diaryl/α,β-unsaturated/α-hetero) is 2. The van der Waals surface area contributed by atoms with Crippen molar-refractivity contribution in [2.45, 2.75) is 26.2 Å². The highest BCUT2D eigenvalue weighted by molar-refractivity contribution is 6.41. The molecule has 2 aromatic carbocycles. The summed E-state index contributed by atoms with van der Waals surface area (Å²) in [6.45, 7) is 3.68. The second kappa shape index (κ2) is 6.73. The van der Waals surface area contributed by atoms with E-state index in [9.17, 15) is 9.59 Å². The molecule has 3 aromatic rings. The van der Waals surface area contributed by atoms with Crippen LogP contribution >= 0.6 is 0 Å². The van der Waals surface area contributed by atoms with Gasteiger partial charge >= 0.3 is 0 Å². The average molecular weight is 384 g/mol. The van der Waals surface area contributed by atoms with Gasteiger partial charge in [0.15, 0.2) is 5.78 Å². The fraction of sp³-hybridized carbons (Fsp3) is 0.280. The number of allylic oxidation sites excluding steroid dienone is 2. The van der Waals surface area contributed by atoms with Crippen LogP contribution in [-0.4, -0.2) is 34.1 Å². The van der Waals surface area contributed by atoms with Crippen LogP contribution in [0.5, 0.6) is 0 Å². The van der Waals surface area contributed by atoms with E-state index in [0.29, 0.717) is 22.4 Å². The predicted octanol–water partition coefficient (Wildman–Crippen LogP) is 4.76. The number of nitrogens with zero attached hydrogens (tertiary/aromatic N) is 2. The van der Waals surface area contributed by atoms with Crippen LogP contribution in [-0.2, 0) is 7.05 Å². The molecule has 0 bridgehead atoms. The third kappa shape index (κ3) is 2.59. The van der Waals surface area contributed by atoms with E-state index in [0.717, 1.165) is 48.1 Å². The number of hydrogen-bond acceptors (Lipinski definition) is 3. The van der Waals surface area contributed by atoms with Crippen molar-refractivity contribution in [2.24, 2.45) is 7.05 Å². The highest BCUT2D eigenvalue weighted by atomic mass is 16.1. The zero-order chi connectivity index (χ0) is 20.1. The van der Waals surface area contributed by atoms with Crippen molar-refractivity contribution in [3.63, 3.8) is 0 Å². The monoisotopic (exact) mass is 384 g/mol. The maximum Gasteiger partial charge on any atom is 0.210 e. The highest BCUT2D eigenvalue weighted by Gasteiger charge is 2.37. The number of aromatic nitrogens is 1. The lowest BCUT2D eigenvalue weighted by atomic mass is 9.82. The first-order valence-corrected chi connectivity index (χ1v) is 10.3. The Kier molecular flexibility index (Phi) is 4.16. The highest BCUT2D eigenvalue weighted by Crippen LogP contribution is 2.40. The van der Waals surface area contributed by atoms with Crippen molar-refractivity contribution < 1.29 is 9.59 Å². The summed E-state index contributed by atoms with van der Waals surface area (Å²) in [5.41, 5.74) is 5.19. The third-order valence-corrected chi connectivity index (χ3v) is 6.42. The third-order valence-electron chi connectivity index (χ3n) is 6.42. The van der Waals surface area contributed by atoms with Gasteiger partial charge < -0.3 is 9.47 Å². The number of rotatable bonds is 2. The Morgan fingerprint density at radius 2 is 1.41 bits per heavy atom. The number of aryl methyl sites for hydroxylation is 1. The van der Waals surface area contributed by atoms with Crippen molar-refractivity contribution in [3.05, 3.63) is 76.6 Å². The van der Waals surface area contributed by atoms with Gasteiger partial charge in [-0.05, 0) is 32.3 Å². The Morgan fingerprint density at radius 3 is 2.14 bits per heavy atom. The minimum Gasteiger partial charge on any atom is -0.368 e. The first kappa shape index (κ1) is 17.9. The molecular formula is C25H24N2O2. The Morgan fingerprint density at radius 1 is 0.793 bits per heavy atom. The molecule has 0 saturated carbocycles. The number of hydrogen-bond donors (Lipinski definition) is 0. The number of likely N-dealkylation sites (tertiary alicyclic amines) is 1. The number of fused-ring (bicyclic) bond motifs is 2. The smallest absolute Gasteiger partial charge is 0.210 e. The lowest BCUT2D eigenvalue weighted by Crippen LogP contribution is -2.37. The van der Waals surface area contributed by atoms with Crippen molar-refractivity contribution in [3.8, 4) is 0 Å². The van der Waals surface area contributed by atoms with Gasteiger partial charge in [-0.1, -0.05) is 42.5 Å². The molecule has 0 amide bonds. The van der Waals surface area contributed by atoms with Gasteiger partial charge in [0.2, 0.25) is 5.78 Å². The topological polar surface area (TPSA) is 42.3 Å². The van der Waals surface area contributed by atoms with Crippen LogP contribution in [0.4, 0.5) is 0 Å². The Bertz CT molecular complexity index is 1190. The molecule has 1 aliphatic heterocycles. The molecule has 2 aliphatic rings. The molecule has 0 radical (unpaired) electrons. The Hall–Kier alpha value is -3.14. The van der Waals surface area contributed by atoms with Gasteiger partial charge in [-0.15, -0.1) is 0 Å². The molecule has 0 spiro atoms. The summed E-state index contributed by atoms with van der Waals surface area (Å²) < 4.78 is 2.11. The van der Waals surface area contributed by atoms with Gasteiger partial charge in [0.1, 0.15) is 0 Å². The van der Waals surface area contributed by atoms with Crippen molar-refractivity contribution >= 4 is 28.0 Å². The molecule has 1 saturated heterocycles. The van der Waals surface area contributed by atoms with Crippen LogP contribution in [0.15, 0.2) is 54.2 Å². The summed E-state index contributed by atoms with van der Waals surface area (Å²) in [7, 11) is 2.02. The molecule has 1 aromatic heterocycles. The summed E-state index contributed by atoms with van der Waals surface area (Å²) in [6, 6.07) is 15.4. The SMILES string of the molecule is Cc1c(C2=C(N3CCCCC3)C(=O)c3ccccc3C2=O)c2ccccc2n1C. The average Bonchev–Trinajstić information content (AvgIpc) is 3.02.